The van der Waals surface area contributed by atoms with Crippen LogP contribution >= 0.6 is 7.82 Å². The van der Waals surface area contributed by atoms with Crippen LogP contribution in [0.4, 0.5) is 0 Å². The quantitative estimate of drug-likeness (QED) is 0.669. The lowest BCUT2D eigenvalue weighted by Crippen LogP contribution is -2.32. The fourth-order valence-electron chi connectivity index (χ4n) is 3.29. The summed E-state index contributed by atoms with van der Waals surface area (Å²) in [5, 5.41) is 0. The average molecular weight is 402 g/mol. The third-order valence-electron chi connectivity index (χ3n) is 4.40. The Bertz CT molecular complexity index is 958. The van der Waals surface area contributed by atoms with E-state index in [4.69, 9.17) is 18.7 Å². The molecule has 4 rings (SSSR count). The second kappa shape index (κ2) is 6.45. The second-order valence-corrected chi connectivity index (χ2v) is 8.19. The summed E-state index contributed by atoms with van der Waals surface area (Å²) in [6.45, 7) is 3.25. The van der Waals surface area contributed by atoms with Crippen molar-refractivity contribution in [1.82, 2.24) is 19.5 Å². The summed E-state index contributed by atoms with van der Waals surface area (Å²) < 4.78 is 40.3. The van der Waals surface area contributed by atoms with E-state index in [0.717, 1.165) is 7.11 Å². The van der Waals surface area contributed by atoms with Gasteiger partial charge in [-0.15, -0.1) is 0 Å². The lowest BCUT2D eigenvalue weighted by atomic mass is 10.1. The number of phosphoric acid groups is 1. The summed E-state index contributed by atoms with van der Waals surface area (Å²) in [7, 11) is -3.10. The molecule has 0 saturated carbocycles. The Kier molecular flexibility index (Phi) is 4.47. The molecule has 2 aromatic rings. The number of aromatic amines is 1. The van der Waals surface area contributed by atoms with Gasteiger partial charge in [0.2, 0.25) is 0 Å². The van der Waals surface area contributed by atoms with Crippen LogP contribution in [0.3, 0.4) is 0 Å². The van der Waals surface area contributed by atoms with E-state index in [-0.39, 0.29) is 17.7 Å². The monoisotopic (exact) mass is 402 g/mol. The number of nitrogens with zero attached hydrogens (tertiary/aromatic N) is 3. The van der Waals surface area contributed by atoms with Crippen LogP contribution < -0.4 is 5.56 Å². The van der Waals surface area contributed by atoms with Gasteiger partial charge in [0.1, 0.15) is 18.3 Å². The van der Waals surface area contributed by atoms with E-state index in [9.17, 15) is 14.3 Å². The van der Waals surface area contributed by atoms with Gasteiger partial charge in [-0.1, -0.05) is 0 Å². The first-order valence-electron chi connectivity index (χ1n) is 8.15. The first-order chi connectivity index (χ1) is 12.7. The van der Waals surface area contributed by atoms with Gasteiger partial charge in [-0.2, -0.15) is 0 Å². The zero-order chi connectivity index (χ0) is 19.4. The molecule has 5 atom stereocenters. The van der Waals surface area contributed by atoms with Gasteiger partial charge in [-0.25, -0.2) is 14.5 Å². The SMILES string of the molecule is COP(=O)(O)OC[C@H]1O[C@@H](n2cnc3c(=O)[nH]cnc32)C2OC(C)(C)OC21. The third kappa shape index (κ3) is 3.34. The maximum atomic E-state index is 11.9. The number of hydrogen-bond acceptors (Lipinski definition) is 9. The lowest BCUT2D eigenvalue weighted by Gasteiger charge is -2.24. The topological polar surface area (TPSA) is 147 Å². The zero-order valence-electron chi connectivity index (χ0n) is 14.8. The zero-order valence-corrected chi connectivity index (χ0v) is 15.7. The number of ether oxygens (including phenoxy) is 3. The molecule has 0 amide bonds. The van der Waals surface area contributed by atoms with Gasteiger partial charge in [-0.3, -0.25) is 18.4 Å². The van der Waals surface area contributed by atoms with Crippen molar-refractivity contribution >= 4 is 19.0 Å². The average Bonchev–Trinajstić information content (AvgIpc) is 3.25. The van der Waals surface area contributed by atoms with Crippen LogP contribution in [0.1, 0.15) is 20.1 Å². The molecule has 12 nitrogen and oxygen atoms in total. The summed E-state index contributed by atoms with van der Waals surface area (Å²) in [4.78, 5) is 32.0. The number of aromatic nitrogens is 4. The van der Waals surface area contributed by atoms with E-state index in [1.165, 1.54) is 12.7 Å². The van der Waals surface area contributed by atoms with Crippen molar-refractivity contribution in [3.63, 3.8) is 0 Å². The minimum atomic E-state index is -4.17. The molecule has 2 N–H and O–H groups in total. The van der Waals surface area contributed by atoms with Gasteiger partial charge >= 0.3 is 7.82 Å². The van der Waals surface area contributed by atoms with Crippen molar-refractivity contribution < 1.29 is 32.7 Å². The summed E-state index contributed by atoms with van der Waals surface area (Å²) in [5.74, 6) is -0.888. The molecule has 27 heavy (non-hydrogen) atoms. The van der Waals surface area contributed by atoms with Crippen LogP contribution in [0.2, 0.25) is 0 Å². The van der Waals surface area contributed by atoms with Crippen molar-refractivity contribution in [1.29, 1.82) is 0 Å². The summed E-state index contributed by atoms with van der Waals surface area (Å²) >= 11 is 0. The Hall–Kier alpha value is -1.66. The van der Waals surface area contributed by atoms with Crippen LogP contribution in [0.25, 0.3) is 11.2 Å². The molecule has 148 valence electrons. The van der Waals surface area contributed by atoms with Crippen molar-refractivity contribution in [3.8, 4) is 0 Å². The van der Waals surface area contributed by atoms with E-state index in [1.54, 1.807) is 18.4 Å². The summed E-state index contributed by atoms with van der Waals surface area (Å²) in [5.41, 5.74) is 0.107. The molecule has 4 heterocycles. The maximum Gasteiger partial charge on any atom is 0.472 e. The Balaban J connectivity index is 1.66. The molecule has 13 heteroatoms. The van der Waals surface area contributed by atoms with Crippen LogP contribution in [-0.4, -0.2) is 62.2 Å². The number of fused-ring (bicyclic) bond motifs is 2. The predicted molar refractivity (Wildman–Crippen MR) is 88.7 cm³/mol. The molecular formula is C14H19N4O8P. The van der Waals surface area contributed by atoms with Crippen LogP contribution in [-0.2, 0) is 27.8 Å². The van der Waals surface area contributed by atoms with E-state index in [2.05, 4.69) is 19.5 Å². The molecule has 0 spiro atoms. The molecule has 0 radical (unpaired) electrons. The van der Waals surface area contributed by atoms with Crippen molar-refractivity contribution in [2.75, 3.05) is 13.7 Å². The van der Waals surface area contributed by atoms with E-state index in [1.807, 2.05) is 0 Å². The highest BCUT2D eigenvalue weighted by Crippen LogP contribution is 2.47. The molecular weight excluding hydrogens is 383 g/mol. The number of phosphoric ester groups is 1. The molecule has 2 saturated heterocycles. The smallest absolute Gasteiger partial charge is 0.347 e. The third-order valence-corrected chi connectivity index (χ3v) is 5.33. The minimum Gasteiger partial charge on any atom is -0.347 e. The van der Waals surface area contributed by atoms with Crippen molar-refractivity contribution in [2.24, 2.45) is 0 Å². The van der Waals surface area contributed by atoms with Gasteiger partial charge in [0.05, 0.1) is 19.3 Å². The Morgan fingerprint density at radius 2 is 2.11 bits per heavy atom. The van der Waals surface area contributed by atoms with Gasteiger partial charge in [0.15, 0.2) is 23.2 Å². The van der Waals surface area contributed by atoms with Crippen molar-refractivity contribution in [2.45, 2.75) is 44.2 Å². The first kappa shape index (κ1) is 18.7. The number of H-pyrrole nitrogens is 1. The molecule has 3 unspecified atom stereocenters. The van der Waals surface area contributed by atoms with Crippen LogP contribution in [0.15, 0.2) is 17.4 Å². The van der Waals surface area contributed by atoms with Gasteiger partial charge < -0.3 is 24.1 Å². The van der Waals surface area contributed by atoms with E-state index in [0.29, 0.717) is 5.65 Å². The lowest BCUT2D eigenvalue weighted by molar-refractivity contribution is -0.199. The normalized spacial score (nSPS) is 31.9. The number of imidazole rings is 1. The Labute approximate surface area is 153 Å². The van der Waals surface area contributed by atoms with Crippen LogP contribution in [0.5, 0.6) is 0 Å². The highest BCUT2D eigenvalue weighted by molar-refractivity contribution is 7.47. The van der Waals surface area contributed by atoms with E-state index >= 15 is 0 Å². The molecule has 2 aliphatic heterocycles. The van der Waals surface area contributed by atoms with Gasteiger partial charge in [-0.05, 0) is 13.8 Å². The largest absolute Gasteiger partial charge is 0.472 e. The van der Waals surface area contributed by atoms with E-state index < -0.39 is 38.1 Å². The standard InChI is InChI=1S/C14H19N4O8P/c1-14(2)25-9-7(4-23-27(20,21)22-3)24-13(10(9)26-14)18-6-17-8-11(18)15-5-16-12(8)19/h5-7,9-10,13H,4H2,1-3H3,(H,20,21)(H,15,16,19)/t7-,9?,10?,13-/m1/s1. The first-order valence-corrected chi connectivity index (χ1v) is 9.65. The molecule has 2 aromatic heterocycles. The number of rotatable bonds is 5. The molecule has 2 aliphatic rings. The Morgan fingerprint density at radius 1 is 1.37 bits per heavy atom. The predicted octanol–water partition coefficient (Wildman–Crippen LogP) is 0.300. The number of nitrogens with one attached hydrogen (secondary N) is 1. The van der Waals surface area contributed by atoms with Crippen LogP contribution in [0, 0.1) is 0 Å². The van der Waals surface area contributed by atoms with Gasteiger partial charge in [0, 0.05) is 7.11 Å². The minimum absolute atomic E-state index is 0.162. The van der Waals surface area contributed by atoms with Gasteiger partial charge in [0.25, 0.3) is 5.56 Å². The molecule has 2 fully saturated rings. The Morgan fingerprint density at radius 3 is 2.85 bits per heavy atom. The highest BCUT2D eigenvalue weighted by Gasteiger charge is 2.56. The molecule has 0 aromatic carbocycles. The fraction of sp³-hybridized carbons (Fsp3) is 0.643. The maximum absolute atomic E-state index is 11.9. The second-order valence-electron chi connectivity index (χ2n) is 6.63. The van der Waals surface area contributed by atoms with Crippen molar-refractivity contribution in [3.05, 3.63) is 23.0 Å². The summed E-state index contributed by atoms with van der Waals surface area (Å²) in [6, 6.07) is 0. The number of hydrogen-bond donors (Lipinski definition) is 2. The highest BCUT2D eigenvalue weighted by atomic mass is 31.2. The molecule has 0 aliphatic carbocycles. The summed E-state index contributed by atoms with van der Waals surface area (Å²) in [6.07, 6.45) is 0.140. The fourth-order valence-corrected chi connectivity index (χ4v) is 3.73. The molecule has 0 bridgehead atoms.